The minimum atomic E-state index is -0.631. The summed E-state index contributed by atoms with van der Waals surface area (Å²) in [5.74, 6) is 0.334. The summed E-state index contributed by atoms with van der Waals surface area (Å²) in [5.41, 5.74) is 0.354. The quantitative estimate of drug-likeness (QED) is 0.856. The van der Waals surface area contributed by atoms with E-state index in [-0.39, 0.29) is 11.8 Å². The van der Waals surface area contributed by atoms with E-state index in [0.29, 0.717) is 23.6 Å². The molecule has 6 nitrogen and oxygen atoms in total. The Hall–Kier alpha value is -2.89. The van der Waals surface area contributed by atoms with Crippen LogP contribution >= 0.6 is 0 Å². The summed E-state index contributed by atoms with van der Waals surface area (Å²) in [6.07, 6.45) is 3.20. The summed E-state index contributed by atoms with van der Waals surface area (Å²) >= 11 is 0. The van der Waals surface area contributed by atoms with Crippen LogP contribution in [0.3, 0.4) is 0 Å². The predicted octanol–water partition coefficient (Wildman–Crippen LogP) is 2.13. The van der Waals surface area contributed by atoms with Crippen molar-refractivity contribution in [1.29, 1.82) is 0 Å². The maximum absolute atomic E-state index is 12.4. The first-order valence-corrected chi connectivity index (χ1v) is 7.37. The Balaban J connectivity index is 2.13. The van der Waals surface area contributed by atoms with Crippen LogP contribution in [-0.2, 0) is 4.79 Å². The fourth-order valence-corrected chi connectivity index (χ4v) is 1.94. The third-order valence-corrected chi connectivity index (χ3v) is 3.09. The van der Waals surface area contributed by atoms with Crippen molar-refractivity contribution < 1.29 is 14.3 Å². The van der Waals surface area contributed by atoms with Gasteiger partial charge in [-0.2, -0.15) is 0 Å². The average molecular weight is 313 g/mol. The Bertz CT molecular complexity index is 674. The van der Waals surface area contributed by atoms with E-state index in [0.717, 1.165) is 0 Å². The normalized spacial score (nSPS) is 11.4. The molecule has 2 rings (SSSR count). The van der Waals surface area contributed by atoms with Gasteiger partial charge in [-0.3, -0.25) is 14.6 Å². The first-order chi connectivity index (χ1) is 11.1. The topological polar surface area (TPSA) is 80.3 Å². The van der Waals surface area contributed by atoms with Gasteiger partial charge in [-0.1, -0.05) is 12.1 Å². The molecule has 120 valence electrons. The molecule has 23 heavy (non-hydrogen) atoms. The van der Waals surface area contributed by atoms with Crippen LogP contribution in [0, 0.1) is 0 Å². The number of nitrogens with zero attached hydrogens (tertiary/aromatic N) is 1. The third-order valence-electron chi connectivity index (χ3n) is 3.09. The average Bonchev–Trinajstić information content (AvgIpc) is 2.56. The summed E-state index contributed by atoms with van der Waals surface area (Å²) in [5, 5.41) is 5.32. The standard InChI is InChI=1S/C17H19N3O3/c1-3-19-16(21)12(2)20-17(22)14-8-4-5-9-15(14)23-13-7-6-10-18-11-13/h4-12H,3H2,1-2H3,(H,19,21)(H,20,22)/t12-/m1/s1. The lowest BCUT2D eigenvalue weighted by atomic mass is 10.1. The molecule has 0 fully saturated rings. The van der Waals surface area contributed by atoms with Crippen LogP contribution in [0.2, 0.25) is 0 Å². The molecule has 0 saturated heterocycles. The van der Waals surface area contributed by atoms with Crippen molar-refractivity contribution in [1.82, 2.24) is 15.6 Å². The monoisotopic (exact) mass is 313 g/mol. The number of nitrogens with one attached hydrogen (secondary N) is 2. The Morgan fingerprint density at radius 3 is 2.70 bits per heavy atom. The lowest BCUT2D eigenvalue weighted by Crippen LogP contribution is -2.44. The highest BCUT2D eigenvalue weighted by Gasteiger charge is 2.18. The number of hydrogen-bond acceptors (Lipinski definition) is 4. The van der Waals surface area contributed by atoms with Crippen LogP contribution in [0.4, 0.5) is 0 Å². The molecule has 0 aliphatic carbocycles. The molecule has 6 heteroatoms. The lowest BCUT2D eigenvalue weighted by Gasteiger charge is -2.15. The summed E-state index contributed by atoms with van der Waals surface area (Å²) in [7, 11) is 0. The molecule has 2 amide bonds. The van der Waals surface area contributed by atoms with E-state index in [1.165, 1.54) is 0 Å². The summed E-state index contributed by atoms with van der Waals surface area (Å²) in [6, 6.07) is 9.71. The number of para-hydroxylation sites is 1. The molecule has 0 bridgehead atoms. The van der Waals surface area contributed by atoms with Crippen LogP contribution in [0.15, 0.2) is 48.8 Å². The van der Waals surface area contributed by atoms with Crippen LogP contribution < -0.4 is 15.4 Å². The Kier molecular flexibility index (Phi) is 5.68. The summed E-state index contributed by atoms with van der Waals surface area (Å²) in [6.45, 7) is 3.97. The first kappa shape index (κ1) is 16.5. The van der Waals surface area contributed by atoms with Crippen LogP contribution in [0.1, 0.15) is 24.2 Å². The fourth-order valence-electron chi connectivity index (χ4n) is 1.94. The molecule has 0 aliphatic rings. The van der Waals surface area contributed by atoms with Crippen molar-refractivity contribution in [2.24, 2.45) is 0 Å². The minimum Gasteiger partial charge on any atom is -0.455 e. The number of rotatable bonds is 6. The SMILES string of the molecule is CCNC(=O)[C@@H](C)NC(=O)c1ccccc1Oc1cccnc1. The second kappa shape index (κ2) is 7.93. The third kappa shape index (κ3) is 4.54. The summed E-state index contributed by atoms with van der Waals surface area (Å²) in [4.78, 5) is 28.1. The van der Waals surface area contributed by atoms with E-state index in [1.54, 1.807) is 55.7 Å². The van der Waals surface area contributed by atoms with E-state index in [4.69, 9.17) is 4.74 Å². The highest BCUT2D eigenvalue weighted by Crippen LogP contribution is 2.24. The molecule has 2 N–H and O–H groups in total. The van der Waals surface area contributed by atoms with Gasteiger partial charge in [0.2, 0.25) is 5.91 Å². The lowest BCUT2D eigenvalue weighted by molar-refractivity contribution is -0.122. The van der Waals surface area contributed by atoms with E-state index < -0.39 is 6.04 Å². The van der Waals surface area contributed by atoms with E-state index in [2.05, 4.69) is 15.6 Å². The second-order valence-electron chi connectivity index (χ2n) is 4.88. The van der Waals surface area contributed by atoms with Gasteiger partial charge in [0, 0.05) is 12.7 Å². The molecular formula is C17H19N3O3. The molecule has 1 aromatic heterocycles. The van der Waals surface area contributed by atoms with Gasteiger partial charge in [0.25, 0.3) is 5.91 Å². The number of carbonyl (C=O) groups is 2. The van der Waals surface area contributed by atoms with Crippen molar-refractivity contribution >= 4 is 11.8 Å². The Morgan fingerprint density at radius 2 is 2.00 bits per heavy atom. The summed E-state index contributed by atoms with van der Waals surface area (Å²) < 4.78 is 5.70. The van der Waals surface area contributed by atoms with Gasteiger partial charge < -0.3 is 15.4 Å². The van der Waals surface area contributed by atoms with Crippen LogP contribution in [0.25, 0.3) is 0 Å². The molecule has 0 spiro atoms. The highest BCUT2D eigenvalue weighted by atomic mass is 16.5. The molecule has 1 heterocycles. The molecule has 0 aliphatic heterocycles. The van der Waals surface area contributed by atoms with Gasteiger partial charge in [0.05, 0.1) is 11.8 Å². The van der Waals surface area contributed by atoms with E-state index in [9.17, 15) is 9.59 Å². The Morgan fingerprint density at radius 1 is 1.22 bits per heavy atom. The van der Waals surface area contributed by atoms with Crippen molar-refractivity contribution in [2.45, 2.75) is 19.9 Å². The van der Waals surface area contributed by atoms with Gasteiger partial charge in [-0.05, 0) is 38.1 Å². The smallest absolute Gasteiger partial charge is 0.255 e. The van der Waals surface area contributed by atoms with Crippen molar-refractivity contribution in [3.8, 4) is 11.5 Å². The van der Waals surface area contributed by atoms with Crippen LogP contribution in [0.5, 0.6) is 11.5 Å². The number of carbonyl (C=O) groups excluding carboxylic acids is 2. The zero-order chi connectivity index (χ0) is 16.7. The van der Waals surface area contributed by atoms with Crippen molar-refractivity contribution in [3.63, 3.8) is 0 Å². The zero-order valence-corrected chi connectivity index (χ0v) is 13.1. The fraction of sp³-hybridized carbons (Fsp3) is 0.235. The van der Waals surface area contributed by atoms with Crippen molar-refractivity contribution in [2.75, 3.05) is 6.54 Å². The molecular weight excluding hydrogens is 294 g/mol. The molecule has 2 aromatic rings. The maximum Gasteiger partial charge on any atom is 0.255 e. The van der Waals surface area contributed by atoms with Crippen molar-refractivity contribution in [3.05, 3.63) is 54.4 Å². The predicted molar refractivity (Wildman–Crippen MR) is 86.4 cm³/mol. The first-order valence-electron chi connectivity index (χ1n) is 7.37. The second-order valence-corrected chi connectivity index (χ2v) is 4.88. The van der Waals surface area contributed by atoms with Gasteiger partial charge in [-0.15, -0.1) is 0 Å². The van der Waals surface area contributed by atoms with Gasteiger partial charge in [-0.25, -0.2) is 0 Å². The molecule has 0 unspecified atom stereocenters. The number of ether oxygens (including phenoxy) is 1. The number of benzene rings is 1. The van der Waals surface area contributed by atoms with Crippen LogP contribution in [-0.4, -0.2) is 29.4 Å². The minimum absolute atomic E-state index is 0.230. The number of likely N-dealkylation sites (N-methyl/N-ethyl adjacent to an activating group) is 1. The highest BCUT2D eigenvalue weighted by molar-refractivity contribution is 5.99. The van der Waals surface area contributed by atoms with E-state index in [1.807, 2.05) is 6.92 Å². The van der Waals surface area contributed by atoms with Gasteiger partial charge >= 0.3 is 0 Å². The number of aromatic nitrogens is 1. The number of hydrogen-bond donors (Lipinski definition) is 2. The molecule has 1 atom stereocenters. The van der Waals surface area contributed by atoms with E-state index >= 15 is 0 Å². The largest absolute Gasteiger partial charge is 0.455 e. The zero-order valence-electron chi connectivity index (χ0n) is 13.1. The molecule has 0 radical (unpaired) electrons. The maximum atomic E-state index is 12.4. The molecule has 1 aromatic carbocycles. The Labute approximate surface area is 134 Å². The molecule has 0 saturated carbocycles. The number of amides is 2. The van der Waals surface area contributed by atoms with Gasteiger partial charge in [0.1, 0.15) is 17.5 Å². The number of pyridine rings is 1. The van der Waals surface area contributed by atoms with Gasteiger partial charge in [0.15, 0.2) is 0 Å².